The Kier molecular flexibility index (Phi) is 5.80. The average Bonchev–Trinajstić information content (AvgIpc) is 3.25. The maximum atomic E-state index is 13.0. The number of hydrogen-bond donors (Lipinski definition) is 1. The number of carbonyl (C=O) groups excluding carboxylic acids is 2. The predicted molar refractivity (Wildman–Crippen MR) is 125 cm³/mol. The molecule has 0 unspecified atom stereocenters. The molecule has 3 aromatic rings. The van der Waals surface area contributed by atoms with E-state index in [1.165, 1.54) is 4.88 Å². The molecule has 3 heterocycles. The van der Waals surface area contributed by atoms with Crippen LogP contribution in [0.5, 0.6) is 11.5 Å². The molecule has 2 atom stereocenters. The number of amides is 2. The molecule has 8 nitrogen and oxygen atoms in total. The Balaban J connectivity index is 1.21. The molecular weight excluding hydrogens is 440 g/mol. The van der Waals surface area contributed by atoms with Gasteiger partial charge in [0.15, 0.2) is 0 Å². The van der Waals surface area contributed by atoms with Crippen LogP contribution < -0.4 is 9.47 Å². The van der Waals surface area contributed by atoms with E-state index in [9.17, 15) is 9.59 Å². The van der Waals surface area contributed by atoms with Crippen molar-refractivity contribution in [1.82, 2.24) is 20.0 Å². The lowest BCUT2D eigenvalue weighted by Gasteiger charge is -2.34. The van der Waals surface area contributed by atoms with Crippen molar-refractivity contribution in [2.75, 3.05) is 40.4 Å². The van der Waals surface area contributed by atoms with Gasteiger partial charge in [-0.25, -0.2) is 0 Å². The first kappa shape index (κ1) is 21.5. The topological polar surface area (TPSA) is 87.8 Å². The lowest BCUT2D eigenvalue weighted by molar-refractivity contribution is -0.134. The van der Waals surface area contributed by atoms with Gasteiger partial charge in [-0.15, -0.1) is 11.3 Å². The summed E-state index contributed by atoms with van der Waals surface area (Å²) in [5, 5.41) is 9.24. The smallest absolute Gasteiger partial charge is 0.272 e. The lowest BCUT2D eigenvalue weighted by Crippen LogP contribution is -2.51. The highest BCUT2D eigenvalue weighted by Crippen LogP contribution is 2.50. The number of methoxy groups -OCH3 is 2. The first-order valence-electron chi connectivity index (χ1n) is 11.0. The molecule has 2 fully saturated rings. The van der Waals surface area contributed by atoms with Crippen molar-refractivity contribution in [3.8, 4) is 22.8 Å². The average molecular weight is 467 g/mol. The van der Waals surface area contributed by atoms with E-state index < -0.39 is 0 Å². The summed E-state index contributed by atoms with van der Waals surface area (Å²) in [5.74, 6) is 1.89. The number of ether oxygens (including phenoxy) is 2. The molecule has 5 rings (SSSR count). The summed E-state index contributed by atoms with van der Waals surface area (Å²) in [4.78, 5) is 30.9. The molecule has 1 saturated carbocycles. The number of rotatable bonds is 6. The third kappa shape index (κ3) is 4.20. The van der Waals surface area contributed by atoms with Crippen LogP contribution in [0.25, 0.3) is 11.3 Å². The maximum absolute atomic E-state index is 13.0. The van der Waals surface area contributed by atoms with E-state index in [0.29, 0.717) is 55.0 Å². The Morgan fingerprint density at radius 2 is 1.85 bits per heavy atom. The van der Waals surface area contributed by atoms with Gasteiger partial charge >= 0.3 is 0 Å². The van der Waals surface area contributed by atoms with Crippen LogP contribution in [0.3, 0.4) is 0 Å². The molecule has 1 saturated heterocycles. The molecule has 1 aliphatic heterocycles. The maximum Gasteiger partial charge on any atom is 0.272 e. The normalized spacial score (nSPS) is 19.9. The first-order valence-corrected chi connectivity index (χ1v) is 11.9. The van der Waals surface area contributed by atoms with Crippen LogP contribution in [0.4, 0.5) is 0 Å². The second kappa shape index (κ2) is 8.90. The summed E-state index contributed by atoms with van der Waals surface area (Å²) in [6.45, 7) is 2.14. The number of benzene rings is 1. The van der Waals surface area contributed by atoms with Gasteiger partial charge in [0.25, 0.3) is 5.91 Å². The van der Waals surface area contributed by atoms with Crippen molar-refractivity contribution >= 4 is 23.2 Å². The van der Waals surface area contributed by atoms with Gasteiger partial charge in [0.05, 0.1) is 19.9 Å². The van der Waals surface area contributed by atoms with Crippen LogP contribution in [0.2, 0.25) is 0 Å². The van der Waals surface area contributed by atoms with Crippen molar-refractivity contribution in [3.05, 3.63) is 52.3 Å². The number of hydrogen-bond acceptors (Lipinski definition) is 6. The van der Waals surface area contributed by atoms with E-state index in [1.54, 1.807) is 36.5 Å². The van der Waals surface area contributed by atoms with Crippen molar-refractivity contribution in [3.63, 3.8) is 0 Å². The van der Waals surface area contributed by atoms with E-state index in [2.05, 4.69) is 21.6 Å². The number of aromatic amines is 1. The van der Waals surface area contributed by atoms with Gasteiger partial charge in [-0.1, -0.05) is 6.07 Å². The second-order valence-electron chi connectivity index (χ2n) is 8.31. The van der Waals surface area contributed by atoms with Crippen LogP contribution in [-0.2, 0) is 4.79 Å². The van der Waals surface area contributed by atoms with E-state index in [4.69, 9.17) is 9.47 Å². The van der Waals surface area contributed by atoms with Crippen LogP contribution in [0.15, 0.2) is 41.8 Å². The Morgan fingerprint density at radius 3 is 2.55 bits per heavy atom. The largest absolute Gasteiger partial charge is 0.497 e. The fraction of sp³-hybridized carbons (Fsp3) is 0.375. The quantitative estimate of drug-likeness (QED) is 0.603. The standard InChI is InChI=1S/C24H26N4O4S/c1-31-15-5-6-21(32-2)18(12-15)19-14-20(26-25-19)24(30)28-9-7-27(8-10-28)23(29)17-13-16(17)22-4-3-11-33-22/h3-6,11-12,14,16-17H,7-10,13H2,1-2H3,(H,25,26)/t16-,17+/m1/s1. The van der Waals surface area contributed by atoms with Crippen molar-refractivity contribution in [1.29, 1.82) is 0 Å². The molecule has 9 heteroatoms. The summed E-state index contributed by atoms with van der Waals surface area (Å²) in [6.07, 6.45) is 0.934. The van der Waals surface area contributed by atoms with E-state index in [0.717, 1.165) is 12.0 Å². The molecule has 0 spiro atoms. The predicted octanol–water partition coefficient (Wildman–Crippen LogP) is 3.24. The van der Waals surface area contributed by atoms with Crippen LogP contribution in [0.1, 0.15) is 27.7 Å². The molecule has 1 aromatic carbocycles. The Morgan fingerprint density at radius 1 is 1.06 bits per heavy atom. The fourth-order valence-electron chi connectivity index (χ4n) is 4.40. The number of H-pyrrole nitrogens is 1. The highest BCUT2D eigenvalue weighted by molar-refractivity contribution is 7.10. The van der Waals surface area contributed by atoms with Gasteiger partial charge in [-0.2, -0.15) is 5.10 Å². The van der Waals surface area contributed by atoms with Gasteiger partial charge < -0.3 is 19.3 Å². The molecule has 2 aromatic heterocycles. The monoisotopic (exact) mass is 466 g/mol. The number of thiophene rings is 1. The summed E-state index contributed by atoms with van der Waals surface area (Å²) >= 11 is 1.72. The van der Waals surface area contributed by atoms with E-state index in [1.807, 2.05) is 29.2 Å². The van der Waals surface area contributed by atoms with Crippen molar-refractivity contribution in [2.45, 2.75) is 12.3 Å². The number of piperazine rings is 1. The summed E-state index contributed by atoms with van der Waals surface area (Å²) in [7, 11) is 3.19. The van der Waals surface area contributed by atoms with Crippen molar-refractivity contribution < 1.29 is 19.1 Å². The molecule has 2 amide bonds. The Labute approximate surface area is 196 Å². The minimum Gasteiger partial charge on any atom is -0.497 e. The van der Waals surface area contributed by atoms with Gasteiger partial charge in [0.2, 0.25) is 5.91 Å². The molecule has 172 valence electrons. The highest BCUT2D eigenvalue weighted by atomic mass is 32.1. The molecule has 0 radical (unpaired) electrons. The zero-order valence-corrected chi connectivity index (χ0v) is 19.4. The highest BCUT2D eigenvalue weighted by Gasteiger charge is 2.46. The third-order valence-corrected chi connectivity index (χ3v) is 7.39. The summed E-state index contributed by atoms with van der Waals surface area (Å²) in [5.41, 5.74) is 1.76. The minimum absolute atomic E-state index is 0.0962. The number of nitrogens with zero attached hydrogens (tertiary/aromatic N) is 3. The summed E-state index contributed by atoms with van der Waals surface area (Å²) < 4.78 is 10.7. The first-order chi connectivity index (χ1) is 16.1. The number of aromatic nitrogens is 2. The van der Waals surface area contributed by atoms with Crippen LogP contribution in [-0.4, -0.2) is 72.2 Å². The minimum atomic E-state index is -0.120. The van der Waals surface area contributed by atoms with Crippen molar-refractivity contribution in [2.24, 2.45) is 5.92 Å². The Hall–Kier alpha value is -3.33. The fourth-order valence-corrected chi connectivity index (χ4v) is 5.31. The summed E-state index contributed by atoms with van der Waals surface area (Å²) in [6, 6.07) is 11.3. The van der Waals surface area contributed by atoms with E-state index >= 15 is 0 Å². The van der Waals surface area contributed by atoms with Gasteiger partial charge in [-0.05, 0) is 42.1 Å². The van der Waals surface area contributed by atoms with Crippen LogP contribution in [0, 0.1) is 5.92 Å². The molecule has 1 N–H and O–H groups in total. The Bertz CT molecular complexity index is 1150. The van der Waals surface area contributed by atoms with Gasteiger partial charge in [-0.3, -0.25) is 14.7 Å². The third-order valence-electron chi connectivity index (χ3n) is 6.39. The SMILES string of the molecule is COc1ccc(OC)c(-c2cc(C(=O)N3CCN(C(=O)[C@H]4C[C@H]4c4cccs4)CC3)[nH]n2)c1. The molecule has 33 heavy (non-hydrogen) atoms. The molecular formula is C24H26N4O4S. The van der Waals surface area contributed by atoms with Gasteiger partial charge in [0, 0.05) is 48.5 Å². The lowest BCUT2D eigenvalue weighted by atomic mass is 10.1. The molecule has 2 aliphatic rings. The zero-order chi connectivity index (χ0) is 22.9. The number of nitrogens with one attached hydrogen (secondary N) is 1. The zero-order valence-electron chi connectivity index (χ0n) is 18.6. The second-order valence-corrected chi connectivity index (χ2v) is 9.29. The molecule has 1 aliphatic carbocycles. The van der Waals surface area contributed by atoms with E-state index in [-0.39, 0.29) is 17.7 Å². The number of carbonyl (C=O) groups is 2. The van der Waals surface area contributed by atoms with Gasteiger partial charge in [0.1, 0.15) is 17.2 Å². The van der Waals surface area contributed by atoms with Crippen LogP contribution >= 0.6 is 11.3 Å². The molecule has 0 bridgehead atoms.